The summed E-state index contributed by atoms with van der Waals surface area (Å²) in [5.74, 6) is -1.89. The Balaban J connectivity index is 1.90. The van der Waals surface area contributed by atoms with Gasteiger partial charge in [0.1, 0.15) is 12.4 Å². The molecule has 1 atom stereocenters. The summed E-state index contributed by atoms with van der Waals surface area (Å²) >= 11 is 0. The molecule has 5 nitrogen and oxygen atoms in total. The lowest BCUT2D eigenvalue weighted by atomic mass is 9.93. The number of aryl methyl sites for hydroxylation is 3. The Hall–Kier alpha value is -3.74. The second-order valence-corrected chi connectivity index (χ2v) is 10.0. The molecule has 1 N–H and O–H groups in total. The van der Waals surface area contributed by atoms with E-state index in [1.54, 1.807) is 18.2 Å². The van der Waals surface area contributed by atoms with E-state index in [-0.39, 0.29) is 36.7 Å². The van der Waals surface area contributed by atoms with Gasteiger partial charge in [-0.1, -0.05) is 55.3 Å². The molecular weight excluding hydrogens is 488 g/mol. The van der Waals surface area contributed by atoms with Gasteiger partial charge in [-0.15, -0.1) is 0 Å². The third-order valence-corrected chi connectivity index (χ3v) is 6.19. The number of amides is 1. The summed E-state index contributed by atoms with van der Waals surface area (Å²) in [5, 5.41) is 3.20. The quantitative estimate of drug-likeness (QED) is 0.281. The zero-order chi connectivity index (χ0) is 27.8. The number of methoxy groups -OCH3 is 1. The molecule has 0 saturated carbocycles. The highest BCUT2D eigenvalue weighted by molar-refractivity contribution is 5.96. The van der Waals surface area contributed by atoms with Gasteiger partial charge in [0.2, 0.25) is 0 Å². The van der Waals surface area contributed by atoms with Gasteiger partial charge in [-0.25, -0.2) is 8.78 Å². The molecule has 0 spiro atoms. The van der Waals surface area contributed by atoms with Gasteiger partial charge in [-0.05, 0) is 67.5 Å². The number of halogens is 2. The summed E-state index contributed by atoms with van der Waals surface area (Å²) in [7, 11) is 1.32. The van der Waals surface area contributed by atoms with Crippen LogP contribution < -0.4 is 10.1 Å². The molecule has 7 heteroatoms. The molecule has 0 aliphatic heterocycles. The second kappa shape index (κ2) is 13.2. The van der Waals surface area contributed by atoms with E-state index < -0.39 is 11.6 Å². The van der Waals surface area contributed by atoms with Crippen molar-refractivity contribution in [1.82, 2.24) is 5.32 Å². The molecule has 1 amide bonds. The monoisotopic (exact) mass is 523 g/mol. The maximum absolute atomic E-state index is 14.0. The van der Waals surface area contributed by atoms with Crippen LogP contribution >= 0.6 is 0 Å². The van der Waals surface area contributed by atoms with Gasteiger partial charge in [-0.3, -0.25) is 9.59 Å². The predicted octanol–water partition coefficient (Wildman–Crippen LogP) is 6.78. The SMILES string of the molecule is COC(=O)CCc1ccc(COc2ccc(F)cc2F)cc1C(=O)NC(CC(C)C)c1cc(C)cc(C)c1. The highest BCUT2D eigenvalue weighted by atomic mass is 19.1. The molecule has 1 unspecified atom stereocenters. The Labute approximate surface area is 223 Å². The topological polar surface area (TPSA) is 64.6 Å². The van der Waals surface area contributed by atoms with Crippen LogP contribution in [0.3, 0.4) is 0 Å². The largest absolute Gasteiger partial charge is 0.486 e. The normalized spacial score (nSPS) is 11.8. The number of hydrogen-bond donors (Lipinski definition) is 1. The average molecular weight is 524 g/mol. The van der Waals surface area contributed by atoms with Crippen molar-refractivity contribution in [3.8, 4) is 5.75 Å². The van der Waals surface area contributed by atoms with Crippen molar-refractivity contribution in [3.05, 3.63) is 99.6 Å². The summed E-state index contributed by atoms with van der Waals surface area (Å²) < 4.78 is 37.6. The summed E-state index contributed by atoms with van der Waals surface area (Å²) in [6, 6.07) is 14.4. The van der Waals surface area contributed by atoms with Crippen LogP contribution in [0.1, 0.15) is 70.9 Å². The minimum absolute atomic E-state index is 0.0212. The Kier molecular flexibility index (Phi) is 9.99. The van der Waals surface area contributed by atoms with Gasteiger partial charge in [0.05, 0.1) is 13.2 Å². The van der Waals surface area contributed by atoms with Crippen LogP contribution in [0.4, 0.5) is 8.78 Å². The van der Waals surface area contributed by atoms with E-state index in [0.717, 1.165) is 35.2 Å². The molecule has 0 saturated heterocycles. The highest BCUT2D eigenvalue weighted by Crippen LogP contribution is 2.26. The summed E-state index contributed by atoms with van der Waals surface area (Å²) in [4.78, 5) is 25.5. The smallest absolute Gasteiger partial charge is 0.305 e. The van der Waals surface area contributed by atoms with E-state index in [0.29, 0.717) is 29.0 Å². The number of esters is 1. The maximum Gasteiger partial charge on any atom is 0.305 e. The van der Waals surface area contributed by atoms with Crippen molar-refractivity contribution in [1.29, 1.82) is 0 Å². The molecule has 0 radical (unpaired) electrons. The van der Waals surface area contributed by atoms with Crippen molar-refractivity contribution >= 4 is 11.9 Å². The minimum atomic E-state index is -0.803. The van der Waals surface area contributed by atoms with Gasteiger partial charge < -0.3 is 14.8 Å². The van der Waals surface area contributed by atoms with E-state index in [9.17, 15) is 18.4 Å². The van der Waals surface area contributed by atoms with Crippen LogP contribution in [0.5, 0.6) is 5.75 Å². The van der Waals surface area contributed by atoms with Crippen LogP contribution in [-0.2, 0) is 22.6 Å². The molecule has 0 heterocycles. The molecule has 0 bridgehead atoms. The van der Waals surface area contributed by atoms with Crippen molar-refractivity contribution in [3.63, 3.8) is 0 Å². The first kappa shape index (κ1) is 28.8. The Bertz CT molecular complexity index is 1270. The van der Waals surface area contributed by atoms with Gasteiger partial charge in [-0.2, -0.15) is 0 Å². The van der Waals surface area contributed by atoms with Crippen molar-refractivity contribution in [2.24, 2.45) is 5.92 Å². The lowest BCUT2D eigenvalue weighted by Gasteiger charge is -2.23. The molecular formula is C31H35F2NO4. The van der Waals surface area contributed by atoms with Gasteiger partial charge in [0.25, 0.3) is 5.91 Å². The number of rotatable bonds is 11. The van der Waals surface area contributed by atoms with E-state index in [1.807, 2.05) is 13.8 Å². The zero-order valence-corrected chi connectivity index (χ0v) is 22.6. The minimum Gasteiger partial charge on any atom is -0.486 e. The van der Waals surface area contributed by atoms with Gasteiger partial charge in [0, 0.05) is 18.1 Å². The lowest BCUT2D eigenvalue weighted by Crippen LogP contribution is -2.30. The lowest BCUT2D eigenvalue weighted by molar-refractivity contribution is -0.140. The number of benzene rings is 3. The van der Waals surface area contributed by atoms with Crippen LogP contribution in [0.2, 0.25) is 0 Å². The van der Waals surface area contributed by atoms with Gasteiger partial charge in [0.15, 0.2) is 11.6 Å². The number of nitrogens with one attached hydrogen (secondary N) is 1. The molecule has 3 aromatic carbocycles. The van der Waals surface area contributed by atoms with Crippen LogP contribution in [0.25, 0.3) is 0 Å². The second-order valence-electron chi connectivity index (χ2n) is 10.0. The fourth-order valence-corrected chi connectivity index (χ4v) is 4.43. The fourth-order valence-electron chi connectivity index (χ4n) is 4.43. The Morgan fingerprint density at radius 3 is 2.29 bits per heavy atom. The Morgan fingerprint density at radius 1 is 0.947 bits per heavy atom. The molecule has 202 valence electrons. The predicted molar refractivity (Wildman–Crippen MR) is 143 cm³/mol. The van der Waals surface area contributed by atoms with Crippen molar-refractivity contribution in [2.45, 2.75) is 59.6 Å². The van der Waals surface area contributed by atoms with E-state index in [1.165, 1.54) is 13.2 Å². The number of hydrogen-bond acceptors (Lipinski definition) is 4. The van der Waals surface area contributed by atoms with Crippen LogP contribution in [0, 0.1) is 31.4 Å². The van der Waals surface area contributed by atoms with E-state index >= 15 is 0 Å². The molecule has 0 aromatic heterocycles. The fraction of sp³-hybridized carbons (Fsp3) is 0.355. The summed E-state index contributed by atoms with van der Waals surface area (Å²) in [5.41, 5.74) is 5.00. The molecule has 0 aliphatic carbocycles. The van der Waals surface area contributed by atoms with E-state index in [4.69, 9.17) is 9.47 Å². The van der Waals surface area contributed by atoms with Crippen molar-refractivity contribution < 1.29 is 27.8 Å². The number of carbonyl (C=O) groups excluding carboxylic acids is 2. The van der Waals surface area contributed by atoms with Gasteiger partial charge >= 0.3 is 5.97 Å². The number of carbonyl (C=O) groups is 2. The maximum atomic E-state index is 14.0. The molecule has 3 aromatic rings. The molecule has 0 fully saturated rings. The molecule has 3 rings (SSSR count). The van der Waals surface area contributed by atoms with E-state index in [2.05, 4.69) is 37.4 Å². The molecule has 0 aliphatic rings. The highest BCUT2D eigenvalue weighted by Gasteiger charge is 2.21. The first-order valence-corrected chi connectivity index (χ1v) is 12.7. The first-order valence-electron chi connectivity index (χ1n) is 12.7. The van der Waals surface area contributed by atoms with Crippen LogP contribution in [0.15, 0.2) is 54.6 Å². The van der Waals surface area contributed by atoms with Crippen molar-refractivity contribution in [2.75, 3.05) is 7.11 Å². The number of ether oxygens (including phenoxy) is 2. The zero-order valence-electron chi connectivity index (χ0n) is 22.6. The standard InChI is InChI=1S/C31H35F2NO4/c1-19(2)12-28(24-14-20(3)13-21(4)15-24)34-31(36)26-16-22(6-7-23(26)8-11-30(35)37-5)18-38-29-10-9-25(32)17-27(29)33/h6-7,9-10,13-17,19,28H,8,11-12,18H2,1-5H3,(H,34,36). The molecule has 38 heavy (non-hydrogen) atoms. The first-order chi connectivity index (χ1) is 18.0. The Morgan fingerprint density at radius 2 is 1.66 bits per heavy atom. The third kappa shape index (κ3) is 8.13. The average Bonchev–Trinajstić information content (AvgIpc) is 2.85. The summed E-state index contributed by atoms with van der Waals surface area (Å²) in [6.45, 7) is 8.26. The third-order valence-electron chi connectivity index (χ3n) is 6.19. The summed E-state index contributed by atoms with van der Waals surface area (Å²) in [6.07, 6.45) is 1.19. The van der Waals surface area contributed by atoms with Crippen LogP contribution in [-0.4, -0.2) is 19.0 Å².